The maximum Gasteiger partial charge on any atom is 0.343 e. The number of esters is 1. The van der Waals surface area contributed by atoms with E-state index in [1.54, 1.807) is 77.7 Å². The Bertz CT molecular complexity index is 1370. The molecule has 1 aliphatic rings. The minimum atomic E-state index is -0.475. The Labute approximate surface area is 271 Å². The number of ether oxygens (including phenoxy) is 3. The van der Waals surface area contributed by atoms with Gasteiger partial charge in [0.1, 0.15) is 11.5 Å². The lowest BCUT2D eigenvalue weighted by molar-refractivity contribution is -0.118. The molecular formula is C36H45N3O7. The highest BCUT2D eigenvalue weighted by Gasteiger charge is 2.18. The highest BCUT2D eigenvalue weighted by molar-refractivity contribution is 5.96. The first kappa shape index (κ1) is 34.6. The van der Waals surface area contributed by atoms with Crippen LogP contribution in [0, 0.1) is 0 Å². The number of anilines is 1. The van der Waals surface area contributed by atoms with Crippen molar-refractivity contribution >= 4 is 23.5 Å². The Kier molecular flexibility index (Phi) is 14.0. The van der Waals surface area contributed by atoms with E-state index in [1.165, 1.54) is 19.3 Å². The minimum Gasteiger partial charge on any atom is -0.494 e. The van der Waals surface area contributed by atoms with Crippen LogP contribution in [-0.4, -0.2) is 85.3 Å². The molecule has 3 aromatic carbocycles. The molecule has 0 radical (unpaired) electrons. The molecule has 0 aliphatic carbocycles. The highest BCUT2D eigenvalue weighted by Crippen LogP contribution is 2.19. The van der Waals surface area contributed by atoms with Gasteiger partial charge in [-0.2, -0.15) is 0 Å². The van der Waals surface area contributed by atoms with E-state index in [-0.39, 0.29) is 38.1 Å². The van der Waals surface area contributed by atoms with Crippen LogP contribution in [0.4, 0.5) is 5.69 Å². The average molecular weight is 632 g/mol. The zero-order chi connectivity index (χ0) is 32.6. The summed E-state index contributed by atoms with van der Waals surface area (Å²) >= 11 is 0. The molecule has 0 unspecified atom stereocenters. The molecule has 0 bridgehead atoms. The number of benzene rings is 3. The maximum atomic E-state index is 13.3. The van der Waals surface area contributed by atoms with E-state index in [0.29, 0.717) is 42.4 Å². The van der Waals surface area contributed by atoms with Crippen LogP contribution in [0.5, 0.6) is 11.5 Å². The minimum absolute atomic E-state index is 0.122. The molecule has 46 heavy (non-hydrogen) atoms. The van der Waals surface area contributed by atoms with Gasteiger partial charge >= 0.3 is 5.97 Å². The van der Waals surface area contributed by atoms with E-state index in [2.05, 4.69) is 12.2 Å². The molecule has 1 aliphatic heterocycles. The number of hydrogen-bond acceptors (Lipinski definition) is 8. The molecule has 3 aromatic rings. The second-order valence-electron chi connectivity index (χ2n) is 11.3. The zero-order valence-corrected chi connectivity index (χ0v) is 26.6. The Hall–Kier alpha value is -4.25. The van der Waals surface area contributed by atoms with Crippen molar-refractivity contribution in [2.24, 2.45) is 0 Å². The summed E-state index contributed by atoms with van der Waals surface area (Å²) in [5.74, 6) is 0.257. The number of aliphatic hydroxyl groups is 1. The van der Waals surface area contributed by atoms with E-state index >= 15 is 0 Å². The topological polar surface area (TPSA) is 118 Å². The quantitative estimate of drug-likeness (QED) is 0.119. The summed E-state index contributed by atoms with van der Waals surface area (Å²) < 4.78 is 16.6. The Morgan fingerprint density at radius 1 is 0.848 bits per heavy atom. The predicted molar refractivity (Wildman–Crippen MR) is 176 cm³/mol. The number of amides is 2. The van der Waals surface area contributed by atoms with Crippen LogP contribution in [0.1, 0.15) is 65.3 Å². The fourth-order valence-electron chi connectivity index (χ4n) is 5.05. The fraction of sp³-hybridized carbons (Fsp3) is 0.417. The summed E-state index contributed by atoms with van der Waals surface area (Å²) in [4.78, 5) is 41.9. The van der Waals surface area contributed by atoms with Crippen molar-refractivity contribution in [3.05, 3.63) is 89.5 Å². The lowest BCUT2D eigenvalue weighted by atomic mass is 10.1. The van der Waals surface area contributed by atoms with Crippen molar-refractivity contribution in [1.29, 1.82) is 0 Å². The molecule has 0 atom stereocenters. The molecule has 0 aromatic heterocycles. The van der Waals surface area contributed by atoms with Crippen LogP contribution in [0.15, 0.2) is 72.8 Å². The molecule has 0 spiro atoms. The van der Waals surface area contributed by atoms with Crippen molar-refractivity contribution in [1.82, 2.24) is 9.80 Å². The smallest absolute Gasteiger partial charge is 0.343 e. The van der Waals surface area contributed by atoms with Crippen LogP contribution in [0.2, 0.25) is 0 Å². The number of aliphatic hydroxyl groups excluding tert-OH is 1. The van der Waals surface area contributed by atoms with E-state index in [0.717, 1.165) is 37.2 Å². The third kappa shape index (κ3) is 11.3. The first-order valence-electron chi connectivity index (χ1n) is 16.1. The van der Waals surface area contributed by atoms with Gasteiger partial charge < -0.3 is 29.5 Å². The Balaban J connectivity index is 1.25. The molecule has 2 N–H and O–H groups in total. The van der Waals surface area contributed by atoms with Crippen molar-refractivity contribution in [2.75, 3.05) is 57.9 Å². The van der Waals surface area contributed by atoms with Gasteiger partial charge in [0.05, 0.1) is 38.5 Å². The summed E-state index contributed by atoms with van der Waals surface area (Å²) in [5, 5.41) is 12.5. The molecule has 0 saturated carbocycles. The highest BCUT2D eigenvalue weighted by atomic mass is 16.5. The number of morpholine rings is 1. The summed E-state index contributed by atoms with van der Waals surface area (Å²) in [7, 11) is 0. The molecule has 246 valence electrons. The average Bonchev–Trinajstić information content (AvgIpc) is 3.07. The van der Waals surface area contributed by atoms with Crippen molar-refractivity contribution < 1.29 is 33.7 Å². The van der Waals surface area contributed by atoms with E-state index in [1.807, 2.05) is 4.90 Å². The van der Waals surface area contributed by atoms with E-state index < -0.39 is 5.97 Å². The molecule has 1 heterocycles. The van der Waals surface area contributed by atoms with Crippen LogP contribution < -0.4 is 14.8 Å². The SMILES string of the molecule is CCCCCCCOc1ccc(C(=O)Oc2ccc(CN(CCO)C(=O)c3ccc(NC(=O)CN4CCOCC4)cc3)cc2)cc1. The number of carbonyl (C=O) groups is 3. The number of unbranched alkanes of at least 4 members (excludes halogenated alkanes) is 4. The fourth-order valence-corrected chi connectivity index (χ4v) is 5.05. The first-order valence-corrected chi connectivity index (χ1v) is 16.1. The standard InChI is InChI=1S/C36H45N3O7/c1-2-3-4-5-6-23-45-32-17-11-30(12-18-32)36(43)46-33-15-7-28(8-16-33)26-39(19-22-40)35(42)29-9-13-31(14-10-29)37-34(41)27-38-20-24-44-25-21-38/h7-18,40H,2-6,19-27H2,1H3,(H,37,41). The van der Waals surface area contributed by atoms with Crippen LogP contribution in [-0.2, 0) is 16.1 Å². The van der Waals surface area contributed by atoms with Crippen molar-refractivity contribution in [3.63, 3.8) is 0 Å². The van der Waals surface area contributed by atoms with Gasteiger partial charge in [-0.15, -0.1) is 0 Å². The number of carbonyl (C=O) groups excluding carboxylic acids is 3. The number of nitrogens with zero attached hydrogens (tertiary/aromatic N) is 2. The summed E-state index contributed by atoms with van der Waals surface area (Å²) in [6.45, 7) is 6.03. The van der Waals surface area contributed by atoms with Gasteiger partial charge in [-0.05, 0) is 72.6 Å². The lowest BCUT2D eigenvalue weighted by Crippen LogP contribution is -2.41. The second-order valence-corrected chi connectivity index (χ2v) is 11.3. The molecule has 1 saturated heterocycles. The van der Waals surface area contributed by atoms with Gasteiger partial charge in [0, 0.05) is 37.4 Å². The normalized spacial score (nSPS) is 13.2. The molecule has 2 amide bonds. The summed E-state index contributed by atoms with van der Waals surface area (Å²) in [6, 6.07) is 20.6. The Morgan fingerprint density at radius 2 is 1.50 bits per heavy atom. The molecular weight excluding hydrogens is 586 g/mol. The van der Waals surface area contributed by atoms with Crippen LogP contribution >= 0.6 is 0 Å². The maximum absolute atomic E-state index is 13.3. The van der Waals surface area contributed by atoms with Crippen LogP contribution in [0.25, 0.3) is 0 Å². The molecule has 10 heteroatoms. The monoisotopic (exact) mass is 631 g/mol. The van der Waals surface area contributed by atoms with Crippen LogP contribution in [0.3, 0.4) is 0 Å². The zero-order valence-electron chi connectivity index (χ0n) is 26.6. The van der Waals surface area contributed by atoms with Gasteiger partial charge in [-0.25, -0.2) is 4.79 Å². The van der Waals surface area contributed by atoms with Gasteiger partial charge in [0.2, 0.25) is 5.91 Å². The molecule has 4 rings (SSSR count). The number of rotatable bonds is 17. The van der Waals surface area contributed by atoms with Gasteiger partial charge in [-0.1, -0.05) is 44.7 Å². The second kappa shape index (κ2) is 18.7. The van der Waals surface area contributed by atoms with Gasteiger partial charge in [-0.3, -0.25) is 14.5 Å². The summed E-state index contributed by atoms with van der Waals surface area (Å²) in [6.07, 6.45) is 5.84. The van der Waals surface area contributed by atoms with Crippen molar-refractivity contribution in [2.45, 2.75) is 45.6 Å². The Morgan fingerprint density at radius 3 is 2.17 bits per heavy atom. The predicted octanol–water partition coefficient (Wildman–Crippen LogP) is 5.16. The third-order valence-corrected chi connectivity index (χ3v) is 7.66. The lowest BCUT2D eigenvalue weighted by Gasteiger charge is -2.25. The largest absolute Gasteiger partial charge is 0.494 e. The van der Waals surface area contributed by atoms with E-state index in [4.69, 9.17) is 14.2 Å². The summed E-state index contributed by atoms with van der Waals surface area (Å²) in [5.41, 5.74) is 2.27. The van der Waals surface area contributed by atoms with Gasteiger partial charge in [0.25, 0.3) is 5.91 Å². The molecule has 1 fully saturated rings. The van der Waals surface area contributed by atoms with Gasteiger partial charge in [0.15, 0.2) is 0 Å². The van der Waals surface area contributed by atoms with Crippen molar-refractivity contribution in [3.8, 4) is 11.5 Å². The van der Waals surface area contributed by atoms with E-state index in [9.17, 15) is 19.5 Å². The number of hydrogen-bond donors (Lipinski definition) is 2. The first-order chi connectivity index (χ1) is 22.4. The third-order valence-electron chi connectivity index (χ3n) is 7.66. The molecule has 10 nitrogen and oxygen atoms in total. The number of nitrogens with one attached hydrogen (secondary N) is 1.